The number of nitrogens with one attached hydrogen (secondary N) is 1. The van der Waals surface area contributed by atoms with Gasteiger partial charge in [-0.05, 0) is 46.1 Å². The van der Waals surface area contributed by atoms with Crippen molar-refractivity contribution in [1.29, 1.82) is 0 Å². The summed E-state index contributed by atoms with van der Waals surface area (Å²) in [7, 11) is 0. The summed E-state index contributed by atoms with van der Waals surface area (Å²) in [5, 5.41) is 3.88. The third-order valence-corrected chi connectivity index (χ3v) is 3.37. The summed E-state index contributed by atoms with van der Waals surface area (Å²) < 4.78 is 6.19. The summed E-state index contributed by atoms with van der Waals surface area (Å²) in [5.74, 6) is 0.376. The molecule has 23 heavy (non-hydrogen) atoms. The number of para-hydroxylation sites is 1. The van der Waals surface area contributed by atoms with Crippen LogP contribution in [0, 0.1) is 6.92 Å². The number of carbonyl (C=O) groups excluding carboxylic acids is 1. The fourth-order valence-electron chi connectivity index (χ4n) is 1.81. The van der Waals surface area contributed by atoms with E-state index >= 15 is 0 Å². The van der Waals surface area contributed by atoms with Gasteiger partial charge in [-0.3, -0.25) is 4.79 Å². The Kier molecular flexibility index (Phi) is 6.56. The molecule has 0 aliphatic heterocycles. The highest BCUT2D eigenvalue weighted by Gasteiger charge is 2.03. The van der Waals surface area contributed by atoms with Gasteiger partial charge in [-0.25, -0.2) is 5.43 Å². The summed E-state index contributed by atoms with van der Waals surface area (Å²) in [6.07, 6.45) is 3.43. The van der Waals surface area contributed by atoms with Crippen LogP contribution in [0.1, 0.15) is 11.1 Å². The minimum absolute atomic E-state index is 0.0811. The summed E-state index contributed by atoms with van der Waals surface area (Å²) in [4.78, 5) is 11.7. The molecule has 0 saturated heterocycles. The fraction of sp³-hybridized carbons (Fsp3) is 0.111. The van der Waals surface area contributed by atoms with Crippen molar-refractivity contribution in [2.24, 2.45) is 5.10 Å². The summed E-state index contributed by atoms with van der Waals surface area (Å²) in [5.41, 5.74) is 4.45. The molecule has 118 valence electrons. The molecule has 0 fully saturated rings. The number of allylic oxidation sites excluding steroid dienone is 1. The van der Waals surface area contributed by atoms with Gasteiger partial charge >= 0.3 is 0 Å². The maximum Gasteiger partial charge on any atom is 0.277 e. The predicted octanol–water partition coefficient (Wildman–Crippen LogP) is 3.91. The molecule has 0 unspecified atom stereocenters. The zero-order chi connectivity index (χ0) is 16.5. The van der Waals surface area contributed by atoms with E-state index in [4.69, 9.17) is 4.74 Å². The molecule has 0 aromatic heterocycles. The van der Waals surface area contributed by atoms with Crippen LogP contribution in [0.25, 0.3) is 6.08 Å². The molecule has 0 heterocycles. The van der Waals surface area contributed by atoms with Crippen LogP contribution in [0.5, 0.6) is 5.75 Å². The van der Waals surface area contributed by atoms with Gasteiger partial charge in [0.2, 0.25) is 0 Å². The second-order valence-corrected chi connectivity index (χ2v) is 5.70. The van der Waals surface area contributed by atoms with E-state index in [0.717, 1.165) is 15.6 Å². The van der Waals surface area contributed by atoms with Crippen molar-refractivity contribution < 1.29 is 9.53 Å². The van der Waals surface area contributed by atoms with Crippen LogP contribution in [0.3, 0.4) is 0 Å². The minimum Gasteiger partial charge on any atom is -0.483 e. The molecule has 2 rings (SSSR count). The Hall–Kier alpha value is -2.40. The Morgan fingerprint density at radius 1 is 1.17 bits per heavy atom. The average Bonchev–Trinajstić information content (AvgIpc) is 2.55. The highest BCUT2D eigenvalue weighted by molar-refractivity contribution is 9.12. The number of amides is 1. The van der Waals surface area contributed by atoms with Crippen LogP contribution in [-0.2, 0) is 4.79 Å². The van der Waals surface area contributed by atoms with Crippen molar-refractivity contribution in [3.63, 3.8) is 0 Å². The number of nitrogens with zero attached hydrogens (tertiary/aromatic N) is 1. The molecule has 0 aliphatic carbocycles. The van der Waals surface area contributed by atoms with Gasteiger partial charge in [0.15, 0.2) is 6.61 Å². The number of aryl methyl sites for hydroxylation is 1. The molecular formula is C18H17BrN2O2. The van der Waals surface area contributed by atoms with Crippen LogP contribution in [0.4, 0.5) is 0 Å². The summed E-state index contributed by atoms with van der Waals surface area (Å²) in [6, 6.07) is 17.3. The molecule has 5 heteroatoms. The molecule has 1 N–H and O–H groups in total. The van der Waals surface area contributed by atoms with Gasteiger partial charge in [0.05, 0.1) is 6.21 Å². The zero-order valence-electron chi connectivity index (χ0n) is 12.7. The fourth-order valence-corrected chi connectivity index (χ4v) is 2.17. The van der Waals surface area contributed by atoms with Crippen LogP contribution in [0.15, 0.2) is 64.2 Å². The molecule has 0 spiro atoms. The lowest BCUT2D eigenvalue weighted by molar-refractivity contribution is -0.123. The number of benzene rings is 2. The normalized spacial score (nSPS) is 11.5. The van der Waals surface area contributed by atoms with Crippen LogP contribution in [-0.4, -0.2) is 18.7 Å². The van der Waals surface area contributed by atoms with E-state index in [9.17, 15) is 4.79 Å². The lowest BCUT2D eigenvalue weighted by atomic mass is 10.2. The number of ether oxygens (including phenoxy) is 1. The SMILES string of the molecule is Cc1ccccc1OCC(=O)NN=C/C(Br)=C/c1ccccc1. The monoisotopic (exact) mass is 372 g/mol. The number of halogens is 1. The van der Waals surface area contributed by atoms with Crippen molar-refractivity contribution in [2.45, 2.75) is 6.92 Å². The molecule has 0 atom stereocenters. The molecule has 2 aromatic carbocycles. The maximum atomic E-state index is 11.7. The molecule has 0 radical (unpaired) electrons. The third kappa shape index (κ3) is 6.08. The first kappa shape index (κ1) is 17.0. The van der Waals surface area contributed by atoms with Gasteiger partial charge < -0.3 is 4.74 Å². The average molecular weight is 373 g/mol. The van der Waals surface area contributed by atoms with Gasteiger partial charge in [-0.2, -0.15) is 5.10 Å². The smallest absolute Gasteiger partial charge is 0.277 e. The molecule has 2 aromatic rings. The van der Waals surface area contributed by atoms with E-state index in [1.807, 2.05) is 67.6 Å². The van der Waals surface area contributed by atoms with Crippen molar-refractivity contribution in [2.75, 3.05) is 6.61 Å². The number of hydrogen-bond acceptors (Lipinski definition) is 3. The minimum atomic E-state index is -0.315. The van der Waals surface area contributed by atoms with Crippen molar-refractivity contribution in [1.82, 2.24) is 5.43 Å². The molecule has 4 nitrogen and oxygen atoms in total. The first-order valence-corrected chi connectivity index (χ1v) is 7.87. The summed E-state index contributed by atoms with van der Waals surface area (Å²) >= 11 is 3.38. The topological polar surface area (TPSA) is 50.7 Å². The van der Waals surface area contributed by atoms with E-state index in [2.05, 4.69) is 26.5 Å². The lowest BCUT2D eigenvalue weighted by Gasteiger charge is -2.07. The second kappa shape index (κ2) is 8.90. The summed E-state index contributed by atoms with van der Waals surface area (Å²) in [6.45, 7) is 1.85. The zero-order valence-corrected chi connectivity index (χ0v) is 14.3. The van der Waals surface area contributed by atoms with E-state index in [-0.39, 0.29) is 12.5 Å². The van der Waals surface area contributed by atoms with E-state index in [1.54, 1.807) is 0 Å². The highest BCUT2D eigenvalue weighted by atomic mass is 79.9. The quantitative estimate of drug-likeness (QED) is 0.617. The Morgan fingerprint density at radius 3 is 2.61 bits per heavy atom. The Labute approximate surface area is 144 Å². The molecule has 0 saturated carbocycles. The maximum absolute atomic E-state index is 11.7. The van der Waals surface area contributed by atoms with E-state index < -0.39 is 0 Å². The predicted molar refractivity (Wildman–Crippen MR) is 96.7 cm³/mol. The van der Waals surface area contributed by atoms with Crippen LogP contribution >= 0.6 is 15.9 Å². The number of hydrogen-bond donors (Lipinski definition) is 1. The molecule has 0 aliphatic rings. The number of rotatable bonds is 6. The van der Waals surface area contributed by atoms with Gasteiger partial charge in [0.1, 0.15) is 5.75 Å². The van der Waals surface area contributed by atoms with Crippen LogP contribution < -0.4 is 10.2 Å². The van der Waals surface area contributed by atoms with Crippen LogP contribution in [0.2, 0.25) is 0 Å². The number of hydrazone groups is 1. The van der Waals surface area contributed by atoms with E-state index in [1.165, 1.54) is 6.21 Å². The first-order valence-electron chi connectivity index (χ1n) is 7.08. The number of carbonyl (C=O) groups is 1. The third-order valence-electron chi connectivity index (χ3n) is 2.93. The molecule has 1 amide bonds. The van der Waals surface area contributed by atoms with Gasteiger partial charge in [-0.1, -0.05) is 48.5 Å². The van der Waals surface area contributed by atoms with Crippen molar-refractivity contribution in [3.05, 3.63) is 70.2 Å². The first-order chi connectivity index (χ1) is 11.1. The lowest BCUT2D eigenvalue weighted by Crippen LogP contribution is -2.24. The van der Waals surface area contributed by atoms with Crippen molar-refractivity contribution in [3.8, 4) is 5.75 Å². The standard InChI is InChI=1S/C18H17BrN2O2/c1-14-7-5-6-10-17(14)23-13-18(22)21-20-12-16(19)11-15-8-3-2-4-9-15/h2-12H,13H2,1H3,(H,21,22)/b16-11-,20-12?. The second-order valence-electron chi connectivity index (χ2n) is 4.79. The van der Waals surface area contributed by atoms with E-state index in [0.29, 0.717) is 5.75 Å². The molecule has 0 bridgehead atoms. The van der Waals surface area contributed by atoms with Crippen molar-refractivity contribution >= 4 is 34.1 Å². The Bertz CT molecular complexity index is 712. The largest absolute Gasteiger partial charge is 0.483 e. The highest BCUT2D eigenvalue weighted by Crippen LogP contribution is 2.15. The molecular weight excluding hydrogens is 356 g/mol. The Morgan fingerprint density at radius 2 is 1.87 bits per heavy atom. The van der Waals surface area contributed by atoms with Gasteiger partial charge in [-0.15, -0.1) is 0 Å². The van der Waals surface area contributed by atoms with Gasteiger partial charge in [0, 0.05) is 4.48 Å². The Balaban J connectivity index is 1.80. The van der Waals surface area contributed by atoms with Gasteiger partial charge in [0.25, 0.3) is 5.91 Å².